The van der Waals surface area contributed by atoms with Gasteiger partial charge in [-0.2, -0.15) is 23.0 Å². The van der Waals surface area contributed by atoms with E-state index in [2.05, 4.69) is 10.4 Å². The Labute approximate surface area is 162 Å². The fourth-order valence-corrected chi connectivity index (χ4v) is 2.52. The van der Waals surface area contributed by atoms with Gasteiger partial charge in [0.25, 0.3) is 11.5 Å². The number of nitrogens with zero attached hydrogens (tertiary/aromatic N) is 2. The molecule has 1 amide bonds. The summed E-state index contributed by atoms with van der Waals surface area (Å²) in [5, 5.41) is 16.2. The van der Waals surface area contributed by atoms with E-state index in [1.54, 1.807) is 18.2 Å². The molecule has 1 heterocycles. The molecular formula is C19H14F3N3O4. The number of amides is 1. The summed E-state index contributed by atoms with van der Waals surface area (Å²) in [7, 11) is 1.39. The summed E-state index contributed by atoms with van der Waals surface area (Å²) in [5.74, 6) is -1.28. The molecule has 7 nitrogen and oxygen atoms in total. The predicted molar refractivity (Wildman–Crippen MR) is 97.4 cm³/mol. The third-order valence-electron chi connectivity index (χ3n) is 3.91. The molecule has 0 aliphatic rings. The minimum atomic E-state index is -4.51. The van der Waals surface area contributed by atoms with Gasteiger partial charge in [0.1, 0.15) is 11.4 Å². The third-order valence-corrected chi connectivity index (χ3v) is 3.91. The van der Waals surface area contributed by atoms with Crippen molar-refractivity contribution in [2.75, 3.05) is 12.4 Å². The summed E-state index contributed by atoms with van der Waals surface area (Å²) in [6, 6.07) is 11.0. The average Bonchev–Trinajstić information content (AvgIpc) is 2.67. The number of hydrogen-bond donors (Lipinski definition) is 2. The number of anilines is 1. The number of rotatable bonds is 4. The molecule has 2 N–H and O–H groups in total. The number of nitrogens with one attached hydrogen (secondary N) is 1. The molecule has 3 rings (SSSR count). The first-order chi connectivity index (χ1) is 13.7. The zero-order chi connectivity index (χ0) is 21.2. The minimum Gasteiger partial charge on any atom is -0.505 e. The highest BCUT2D eigenvalue weighted by Gasteiger charge is 2.30. The number of carbonyl (C=O) groups excluding carboxylic acids is 1. The van der Waals surface area contributed by atoms with Gasteiger partial charge < -0.3 is 15.2 Å². The molecule has 0 saturated carbocycles. The molecule has 0 saturated heterocycles. The van der Waals surface area contributed by atoms with E-state index in [0.717, 1.165) is 35.0 Å². The predicted octanol–water partition coefficient (Wildman–Crippen LogP) is 3.22. The van der Waals surface area contributed by atoms with E-state index in [-0.39, 0.29) is 11.4 Å². The van der Waals surface area contributed by atoms with E-state index in [1.165, 1.54) is 13.2 Å². The summed E-state index contributed by atoms with van der Waals surface area (Å²) in [4.78, 5) is 24.7. The van der Waals surface area contributed by atoms with Gasteiger partial charge >= 0.3 is 6.18 Å². The Kier molecular flexibility index (Phi) is 5.26. The van der Waals surface area contributed by atoms with Crippen molar-refractivity contribution in [1.29, 1.82) is 0 Å². The number of ether oxygens (including phenoxy) is 1. The van der Waals surface area contributed by atoms with Crippen LogP contribution in [0, 0.1) is 0 Å². The van der Waals surface area contributed by atoms with E-state index < -0.39 is 34.6 Å². The number of aromatic hydroxyl groups is 1. The highest BCUT2D eigenvalue weighted by atomic mass is 19.4. The van der Waals surface area contributed by atoms with Crippen LogP contribution >= 0.6 is 0 Å². The lowest BCUT2D eigenvalue weighted by Gasteiger charge is -2.12. The molecule has 0 bridgehead atoms. The molecule has 0 aliphatic carbocycles. The molecule has 0 unspecified atom stereocenters. The second-order valence-electron chi connectivity index (χ2n) is 5.83. The van der Waals surface area contributed by atoms with Gasteiger partial charge in [-0.15, -0.1) is 0 Å². The van der Waals surface area contributed by atoms with Crippen molar-refractivity contribution < 1.29 is 27.8 Å². The molecule has 150 valence electrons. The zero-order valence-electron chi connectivity index (χ0n) is 14.9. The maximum absolute atomic E-state index is 12.6. The molecule has 0 fully saturated rings. The maximum Gasteiger partial charge on any atom is 0.416 e. The lowest BCUT2D eigenvalue weighted by Crippen LogP contribution is -2.25. The van der Waals surface area contributed by atoms with Gasteiger partial charge in [-0.25, -0.2) is 0 Å². The number of carbonyl (C=O) groups is 1. The first-order valence-corrected chi connectivity index (χ1v) is 8.16. The van der Waals surface area contributed by atoms with Crippen LogP contribution in [-0.2, 0) is 6.18 Å². The normalized spacial score (nSPS) is 11.2. The largest absolute Gasteiger partial charge is 0.505 e. The van der Waals surface area contributed by atoms with Gasteiger partial charge in [-0.05, 0) is 36.4 Å². The summed E-state index contributed by atoms with van der Waals surface area (Å²) < 4.78 is 43.9. The molecule has 2 aromatic carbocycles. The number of para-hydroxylation sites is 2. The Hall–Kier alpha value is -3.82. The van der Waals surface area contributed by atoms with Crippen molar-refractivity contribution in [3.63, 3.8) is 0 Å². The lowest BCUT2D eigenvalue weighted by atomic mass is 10.2. The summed E-state index contributed by atoms with van der Waals surface area (Å²) >= 11 is 0. The van der Waals surface area contributed by atoms with E-state index in [1.807, 2.05) is 0 Å². The van der Waals surface area contributed by atoms with Crippen LogP contribution in [0.25, 0.3) is 5.69 Å². The fourth-order valence-electron chi connectivity index (χ4n) is 2.52. The number of aromatic nitrogens is 2. The maximum atomic E-state index is 12.6. The third kappa shape index (κ3) is 4.21. The first kappa shape index (κ1) is 19.9. The van der Waals surface area contributed by atoms with Gasteiger partial charge in [0.2, 0.25) is 0 Å². The van der Waals surface area contributed by atoms with Crippen molar-refractivity contribution in [2.45, 2.75) is 6.18 Å². The van der Waals surface area contributed by atoms with E-state index in [0.29, 0.717) is 5.75 Å². The molecule has 10 heteroatoms. The Morgan fingerprint density at radius 1 is 1.14 bits per heavy atom. The quantitative estimate of drug-likeness (QED) is 0.695. The van der Waals surface area contributed by atoms with Gasteiger partial charge in [0, 0.05) is 11.8 Å². The summed E-state index contributed by atoms with van der Waals surface area (Å²) in [5.41, 5.74) is -1.78. The van der Waals surface area contributed by atoms with Gasteiger partial charge in [-0.1, -0.05) is 12.1 Å². The first-order valence-electron chi connectivity index (χ1n) is 8.16. The van der Waals surface area contributed by atoms with Crippen molar-refractivity contribution >= 4 is 11.6 Å². The van der Waals surface area contributed by atoms with Crippen LogP contribution in [0.5, 0.6) is 11.5 Å². The van der Waals surface area contributed by atoms with Gasteiger partial charge in [0.15, 0.2) is 11.4 Å². The molecule has 0 radical (unpaired) electrons. The summed E-state index contributed by atoms with van der Waals surface area (Å²) in [6.07, 6.45) is -4.51. The summed E-state index contributed by atoms with van der Waals surface area (Å²) in [6.45, 7) is 0. The van der Waals surface area contributed by atoms with Crippen LogP contribution in [-0.4, -0.2) is 27.9 Å². The molecular weight excluding hydrogens is 391 g/mol. The topological polar surface area (TPSA) is 93.5 Å². The van der Waals surface area contributed by atoms with E-state index in [9.17, 15) is 27.9 Å². The van der Waals surface area contributed by atoms with Crippen LogP contribution < -0.4 is 15.6 Å². The molecule has 3 aromatic rings. The smallest absolute Gasteiger partial charge is 0.416 e. The van der Waals surface area contributed by atoms with Crippen molar-refractivity contribution in [3.05, 3.63) is 76.2 Å². The van der Waals surface area contributed by atoms with Crippen LogP contribution in [0.4, 0.5) is 18.9 Å². The number of methoxy groups -OCH3 is 1. The Bertz CT molecular complexity index is 1110. The minimum absolute atomic E-state index is 0.0549. The van der Waals surface area contributed by atoms with Gasteiger partial charge in [0.05, 0.1) is 12.7 Å². The van der Waals surface area contributed by atoms with Crippen LogP contribution in [0.1, 0.15) is 16.1 Å². The van der Waals surface area contributed by atoms with E-state index in [4.69, 9.17) is 4.74 Å². The second kappa shape index (κ2) is 7.66. The van der Waals surface area contributed by atoms with Crippen molar-refractivity contribution in [3.8, 4) is 17.2 Å². The Morgan fingerprint density at radius 3 is 2.41 bits per heavy atom. The standard InChI is InChI=1S/C19H14F3N3O4/c1-29-15-5-3-2-4-13(15)25-16(27)10-14(26)17(24-25)18(28)23-12-8-6-11(7-9-12)19(20,21)22/h2-10,26H,1H3,(H,23,28). The highest BCUT2D eigenvalue weighted by molar-refractivity contribution is 6.04. The molecule has 1 aromatic heterocycles. The highest BCUT2D eigenvalue weighted by Crippen LogP contribution is 2.30. The van der Waals surface area contributed by atoms with Gasteiger partial charge in [-0.3, -0.25) is 9.59 Å². The number of alkyl halides is 3. The fraction of sp³-hybridized carbons (Fsp3) is 0.105. The molecule has 0 atom stereocenters. The zero-order valence-corrected chi connectivity index (χ0v) is 14.9. The van der Waals surface area contributed by atoms with Crippen LogP contribution in [0.15, 0.2) is 59.4 Å². The van der Waals surface area contributed by atoms with Crippen LogP contribution in [0.3, 0.4) is 0 Å². The Balaban J connectivity index is 1.94. The average molecular weight is 405 g/mol. The van der Waals surface area contributed by atoms with Crippen molar-refractivity contribution in [1.82, 2.24) is 9.78 Å². The monoisotopic (exact) mass is 405 g/mol. The SMILES string of the molecule is COc1ccccc1-n1nc(C(=O)Nc2ccc(C(F)(F)F)cc2)c(O)cc1=O. The number of hydrogen-bond acceptors (Lipinski definition) is 5. The van der Waals surface area contributed by atoms with Crippen molar-refractivity contribution in [2.24, 2.45) is 0 Å². The number of benzene rings is 2. The molecule has 29 heavy (non-hydrogen) atoms. The molecule has 0 spiro atoms. The Morgan fingerprint density at radius 2 is 1.79 bits per heavy atom. The molecule has 0 aliphatic heterocycles. The van der Waals surface area contributed by atoms with Crippen LogP contribution in [0.2, 0.25) is 0 Å². The number of halogens is 3. The second-order valence-corrected chi connectivity index (χ2v) is 5.83. The lowest BCUT2D eigenvalue weighted by molar-refractivity contribution is -0.137. The van der Waals surface area contributed by atoms with E-state index >= 15 is 0 Å².